The van der Waals surface area contributed by atoms with Gasteiger partial charge in [-0.1, -0.05) is 6.42 Å². The fourth-order valence-electron chi connectivity index (χ4n) is 2.98. The molecular weight excluding hydrogens is 340 g/mol. The van der Waals surface area contributed by atoms with Crippen LogP contribution in [0.25, 0.3) is 0 Å². The molecular formula is C18H30N2O6. The van der Waals surface area contributed by atoms with Gasteiger partial charge in [-0.3, -0.25) is 9.59 Å². The van der Waals surface area contributed by atoms with Gasteiger partial charge in [0.05, 0.1) is 13.2 Å². The Hall–Kier alpha value is -2.12. The molecule has 8 heteroatoms. The summed E-state index contributed by atoms with van der Waals surface area (Å²) in [5.74, 6) is -2.13. The summed E-state index contributed by atoms with van der Waals surface area (Å²) >= 11 is 0. The number of amides is 2. The number of carbonyl (C=O) groups excluding carboxylic acids is 4. The smallest absolute Gasteiger partial charge is 0.328 e. The maximum Gasteiger partial charge on any atom is 0.328 e. The van der Waals surface area contributed by atoms with E-state index in [2.05, 4.69) is 10.6 Å². The summed E-state index contributed by atoms with van der Waals surface area (Å²) in [6.07, 6.45) is 2.46. The monoisotopic (exact) mass is 370 g/mol. The van der Waals surface area contributed by atoms with E-state index >= 15 is 0 Å². The summed E-state index contributed by atoms with van der Waals surface area (Å²) in [6, 6.07) is -1.44. The largest absolute Gasteiger partial charge is 0.464 e. The lowest BCUT2D eigenvalue weighted by Crippen LogP contribution is -2.46. The van der Waals surface area contributed by atoms with E-state index < -0.39 is 24.0 Å². The molecule has 4 atom stereocenters. The third-order valence-corrected chi connectivity index (χ3v) is 4.41. The van der Waals surface area contributed by atoms with Gasteiger partial charge in [0, 0.05) is 11.8 Å². The van der Waals surface area contributed by atoms with Crippen molar-refractivity contribution in [3.63, 3.8) is 0 Å². The third kappa shape index (κ3) is 6.65. The van der Waals surface area contributed by atoms with Crippen molar-refractivity contribution in [2.75, 3.05) is 13.2 Å². The van der Waals surface area contributed by atoms with Gasteiger partial charge in [0.1, 0.15) is 12.1 Å². The van der Waals surface area contributed by atoms with Crippen molar-refractivity contribution < 1.29 is 28.7 Å². The van der Waals surface area contributed by atoms with Gasteiger partial charge in [0.2, 0.25) is 11.8 Å². The van der Waals surface area contributed by atoms with Crippen molar-refractivity contribution in [3.05, 3.63) is 0 Å². The zero-order valence-corrected chi connectivity index (χ0v) is 16.0. The molecule has 8 nitrogen and oxygen atoms in total. The summed E-state index contributed by atoms with van der Waals surface area (Å²) in [7, 11) is 0. The predicted octanol–water partition coefficient (Wildman–Crippen LogP) is 0.928. The van der Waals surface area contributed by atoms with Crippen LogP contribution in [-0.2, 0) is 28.7 Å². The highest BCUT2D eigenvalue weighted by Crippen LogP contribution is 2.29. The molecule has 148 valence electrons. The summed E-state index contributed by atoms with van der Waals surface area (Å²) in [5, 5.41) is 5.30. The molecule has 0 bridgehead atoms. The minimum absolute atomic E-state index is 0.249. The Morgan fingerprint density at radius 2 is 1.23 bits per heavy atom. The minimum atomic E-state index is -0.722. The minimum Gasteiger partial charge on any atom is -0.464 e. The van der Waals surface area contributed by atoms with Gasteiger partial charge in [0.15, 0.2) is 0 Å². The molecule has 0 radical (unpaired) electrons. The summed E-state index contributed by atoms with van der Waals surface area (Å²) in [4.78, 5) is 48.0. The van der Waals surface area contributed by atoms with Gasteiger partial charge in [0.25, 0.3) is 0 Å². The lowest BCUT2D eigenvalue weighted by atomic mass is 9.80. The maximum absolute atomic E-state index is 12.4. The number of hydrogen-bond acceptors (Lipinski definition) is 6. The van der Waals surface area contributed by atoms with E-state index in [1.165, 1.54) is 0 Å². The molecule has 26 heavy (non-hydrogen) atoms. The first-order valence-corrected chi connectivity index (χ1v) is 9.24. The average Bonchev–Trinajstić information content (AvgIpc) is 2.61. The van der Waals surface area contributed by atoms with Crippen LogP contribution in [0.4, 0.5) is 0 Å². The Labute approximate surface area is 154 Å². The first-order chi connectivity index (χ1) is 12.3. The number of esters is 2. The van der Waals surface area contributed by atoms with Gasteiger partial charge in [-0.25, -0.2) is 9.59 Å². The van der Waals surface area contributed by atoms with Gasteiger partial charge >= 0.3 is 11.9 Å². The zero-order valence-electron chi connectivity index (χ0n) is 16.0. The molecule has 1 rings (SSSR count). The van der Waals surface area contributed by atoms with Crippen molar-refractivity contribution in [2.24, 2.45) is 11.8 Å². The second-order valence-electron chi connectivity index (χ2n) is 6.53. The molecule has 1 aliphatic carbocycles. The highest BCUT2D eigenvalue weighted by atomic mass is 16.5. The van der Waals surface area contributed by atoms with E-state index in [4.69, 9.17) is 9.47 Å². The van der Waals surface area contributed by atoms with Gasteiger partial charge in [-0.2, -0.15) is 0 Å². The SMILES string of the molecule is CCOC(=O)C(C)NC(=O)C1CCCC(C(=O)NC(C)C(=O)OCC)C1. The number of ether oxygens (including phenoxy) is 2. The van der Waals surface area contributed by atoms with Crippen LogP contribution < -0.4 is 10.6 Å². The topological polar surface area (TPSA) is 111 Å². The van der Waals surface area contributed by atoms with Crippen LogP contribution >= 0.6 is 0 Å². The van der Waals surface area contributed by atoms with Crippen molar-refractivity contribution in [2.45, 2.75) is 65.5 Å². The fourth-order valence-corrected chi connectivity index (χ4v) is 2.98. The Morgan fingerprint density at radius 1 is 0.846 bits per heavy atom. The van der Waals surface area contributed by atoms with E-state index in [0.717, 1.165) is 6.42 Å². The van der Waals surface area contributed by atoms with Crippen molar-refractivity contribution in [1.29, 1.82) is 0 Å². The zero-order chi connectivity index (χ0) is 19.7. The van der Waals surface area contributed by atoms with E-state index in [-0.39, 0.29) is 36.9 Å². The average molecular weight is 370 g/mol. The first-order valence-electron chi connectivity index (χ1n) is 9.24. The second kappa shape index (κ2) is 10.8. The van der Waals surface area contributed by atoms with E-state index in [1.54, 1.807) is 27.7 Å². The third-order valence-electron chi connectivity index (χ3n) is 4.41. The molecule has 1 saturated carbocycles. The molecule has 0 aromatic heterocycles. The van der Waals surface area contributed by atoms with Crippen molar-refractivity contribution >= 4 is 23.8 Å². The number of nitrogens with one attached hydrogen (secondary N) is 2. The number of hydrogen-bond donors (Lipinski definition) is 2. The highest BCUT2D eigenvalue weighted by molar-refractivity contribution is 5.88. The van der Waals surface area contributed by atoms with Crippen LogP contribution in [0.5, 0.6) is 0 Å². The predicted molar refractivity (Wildman–Crippen MR) is 93.9 cm³/mol. The molecule has 0 aromatic rings. The van der Waals surface area contributed by atoms with Crippen molar-refractivity contribution in [3.8, 4) is 0 Å². The lowest BCUT2D eigenvalue weighted by molar-refractivity contribution is -0.148. The molecule has 2 N–H and O–H groups in total. The van der Waals surface area contributed by atoms with E-state index in [1.807, 2.05) is 0 Å². The molecule has 1 fully saturated rings. The Balaban J connectivity index is 2.54. The van der Waals surface area contributed by atoms with E-state index in [9.17, 15) is 19.2 Å². The fraction of sp³-hybridized carbons (Fsp3) is 0.778. The van der Waals surface area contributed by atoms with Crippen LogP contribution in [0.3, 0.4) is 0 Å². The molecule has 0 aromatic carbocycles. The van der Waals surface area contributed by atoms with E-state index in [0.29, 0.717) is 19.3 Å². The molecule has 4 unspecified atom stereocenters. The van der Waals surface area contributed by atoms with Crippen LogP contribution in [-0.4, -0.2) is 49.1 Å². The molecule has 0 aliphatic heterocycles. The molecule has 0 heterocycles. The maximum atomic E-state index is 12.4. The van der Waals surface area contributed by atoms with Crippen LogP contribution in [0.1, 0.15) is 53.4 Å². The van der Waals surface area contributed by atoms with Gasteiger partial charge < -0.3 is 20.1 Å². The van der Waals surface area contributed by atoms with Gasteiger partial charge in [-0.05, 0) is 47.0 Å². The standard InChI is InChI=1S/C18H30N2O6/c1-5-25-17(23)11(3)19-15(21)13-8-7-9-14(10-13)16(22)20-12(4)18(24)26-6-2/h11-14H,5-10H2,1-4H3,(H,19,21)(H,20,22). The molecule has 2 amide bonds. The van der Waals surface area contributed by atoms with Crippen LogP contribution in [0, 0.1) is 11.8 Å². The highest BCUT2D eigenvalue weighted by Gasteiger charge is 2.33. The Kier molecular flexibility index (Phi) is 9.09. The molecule has 1 aliphatic rings. The first kappa shape index (κ1) is 21.9. The van der Waals surface area contributed by atoms with Crippen molar-refractivity contribution in [1.82, 2.24) is 10.6 Å². The quantitative estimate of drug-likeness (QED) is 0.615. The molecule has 0 spiro atoms. The summed E-state index contributed by atoms with van der Waals surface area (Å²) in [5.41, 5.74) is 0. The van der Waals surface area contributed by atoms with Crippen LogP contribution in [0.15, 0.2) is 0 Å². The van der Waals surface area contributed by atoms with Crippen LogP contribution in [0.2, 0.25) is 0 Å². The number of carbonyl (C=O) groups is 4. The normalized spacial score (nSPS) is 21.8. The number of rotatable bonds is 8. The second-order valence-corrected chi connectivity index (χ2v) is 6.53. The Morgan fingerprint density at radius 3 is 1.58 bits per heavy atom. The summed E-state index contributed by atoms with van der Waals surface area (Å²) < 4.78 is 9.75. The summed E-state index contributed by atoms with van der Waals surface area (Å²) in [6.45, 7) is 7.06. The lowest BCUT2D eigenvalue weighted by Gasteiger charge is -2.29. The Bertz CT molecular complexity index is 478. The molecule has 0 saturated heterocycles. The van der Waals surface area contributed by atoms with Gasteiger partial charge in [-0.15, -0.1) is 0 Å².